The Morgan fingerprint density at radius 2 is 1.73 bits per heavy atom. The van der Waals surface area contributed by atoms with E-state index in [1.165, 1.54) is 12.5 Å². The Labute approximate surface area is 194 Å². The number of aromatic nitrogens is 2. The molecular weight excluding hydrogens is 414 g/mol. The Kier molecular flexibility index (Phi) is 7.10. The fourth-order valence-corrected chi connectivity index (χ4v) is 4.19. The molecule has 1 aliphatic rings. The van der Waals surface area contributed by atoms with Gasteiger partial charge in [-0.15, -0.1) is 0 Å². The number of carbonyl (C=O) groups is 2. The normalized spacial score (nSPS) is 16.2. The van der Waals surface area contributed by atoms with E-state index in [-0.39, 0.29) is 17.9 Å². The maximum atomic E-state index is 12.7. The van der Waals surface area contributed by atoms with Gasteiger partial charge in [0.05, 0.1) is 17.3 Å². The fourth-order valence-electron chi connectivity index (χ4n) is 4.19. The maximum absolute atomic E-state index is 12.7. The second-order valence-corrected chi connectivity index (χ2v) is 8.41. The smallest absolute Gasteiger partial charge is 0.259 e. The van der Waals surface area contributed by atoms with Gasteiger partial charge in [0.1, 0.15) is 5.82 Å². The first-order valence-corrected chi connectivity index (χ1v) is 11.3. The van der Waals surface area contributed by atoms with E-state index < -0.39 is 0 Å². The van der Waals surface area contributed by atoms with Crippen LogP contribution in [0, 0.1) is 6.92 Å². The van der Waals surface area contributed by atoms with Gasteiger partial charge in [0.15, 0.2) is 0 Å². The minimum atomic E-state index is -0.204. The molecule has 1 saturated heterocycles. The van der Waals surface area contributed by atoms with Crippen molar-refractivity contribution in [1.29, 1.82) is 0 Å². The van der Waals surface area contributed by atoms with Crippen LogP contribution in [0.3, 0.4) is 0 Å². The van der Waals surface area contributed by atoms with E-state index in [4.69, 9.17) is 4.98 Å². The van der Waals surface area contributed by atoms with Crippen LogP contribution in [0.1, 0.15) is 59.7 Å². The van der Waals surface area contributed by atoms with Gasteiger partial charge in [-0.25, -0.2) is 9.97 Å². The van der Waals surface area contributed by atoms with Gasteiger partial charge in [0, 0.05) is 31.0 Å². The Hall–Kier alpha value is -3.58. The Bertz CT molecular complexity index is 1120. The van der Waals surface area contributed by atoms with Gasteiger partial charge in [-0.05, 0) is 56.1 Å². The largest absolute Gasteiger partial charge is 0.326 e. The van der Waals surface area contributed by atoms with Crippen LogP contribution < -0.4 is 10.6 Å². The first-order valence-electron chi connectivity index (χ1n) is 11.3. The molecule has 1 fully saturated rings. The summed E-state index contributed by atoms with van der Waals surface area (Å²) in [6.07, 6.45) is 4.89. The highest BCUT2D eigenvalue weighted by Gasteiger charge is 2.27. The number of hydrogen-bond acceptors (Lipinski definition) is 5. The highest BCUT2D eigenvalue weighted by Crippen LogP contribution is 2.31. The van der Waals surface area contributed by atoms with Crippen molar-refractivity contribution in [2.75, 3.05) is 17.2 Å². The number of rotatable bonds is 6. The van der Waals surface area contributed by atoms with Crippen molar-refractivity contribution in [3.63, 3.8) is 0 Å². The van der Waals surface area contributed by atoms with Crippen LogP contribution in [0.5, 0.6) is 0 Å². The average molecular weight is 444 g/mol. The summed E-state index contributed by atoms with van der Waals surface area (Å²) in [6.45, 7) is 5.12. The minimum Gasteiger partial charge on any atom is -0.326 e. The molecule has 170 valence electrons. The zero-order valence-electron chi connectivity index (χ0n) is 19.0. The summed E-state index contributed by atoms with van der Waals surface area (Å²) in [4.78, 5) is 35.7. The van der Waals surface area contributed by atoms with Gasteiger partial charge < -0.3 is 10.6 Å². The molecule has 7 heteroatoms. The number of carbonyl (C=O) groups excluding carboxylic acids is 2. The van der Waals surface area contributed by atoms with Crippen LogP contribution in [-0.4, -0.2) is 33.2 Å². The average Bonchev–Trinajstić information content (AvgIpc) is 2.81. The predicted octanol–water partition coefficient (Wildman–Crippen LogP) is 4.72. The van der Waals surface area contributed by atoms with Crippen LogP contribution in [0.15, 0.2) is 60.8 Å². The molecule has 2 heterocycles. The minimum absolute atomic E-state index is 0.0766. The lowest BCUT2D eigenvalue weighted by Crippen LogP contribution is -2.34. The first-order chi connectivity index (χ1) is 16.0. The molecule has 2 N–H and O–H groups in total. The lowest BCUT2D eigenvalue weighted by molar-refractivity contribution is -0.114. The number of benzene rings is 2. The molecule has 2 aromatic carbocycles. The van der Waals surface area contributed by atoms with Gasteiger partial charge in [0.2, 0.25) is 5.91 Å². The molecule has 0 radical (unpaired) electrons. The van der Waals surface area contributed by atoms with Gasteiger partial charge >= 0.3 is 0 Å². The highest BCUT2D eigenvalue weighted by atomic mass is 16.2. The molecule has 0 bridgehead atoms. The third-order valence-electron chi connectivity index (χ3n) is 5.85. The van der Waals surface area contributed by atoms with Crippen LogP contribution in [0.25, 0.3) is 0 Å². The summed E-state index contributed by atoms with van der Waals surface area (Å²) in [5, 5.41) is 5.70. The summed E-state index contributed by atoms with van der Waals surface area (Å²) < 4.78 is 0. The number of anilines is 2. The molecule has 4 rings (SSSR count). The Balaban J connectivity index is 1.47. The third kappa shape index (κ3) is 5.81. The second-order valence-electron chi connectivity index (χ2n) is 8.41. The summed E-state index contributed by atoms with van der Waals surface area (Å²) >= 11 is 0. The van der Waals surface area contributed by atoms with Crippen molar-refractivity contribution < 1.29 is 9.59 Å². The number of likely N-dealkylation sites (tertiary alicyclic amines) is 1. The van der Waals surface area contributed by atoms with E-state index in [0.717, 1.165) is 49.6 Å². The van der Waals surface area contributed by atoms with E-state index in [1.54, 1.807) is 6.20 Å². The predicted molar refractivity (Wildman–Crippen MR) is 129 cm³/mol. The zero-order chi connectivity index (χ0) is 23.2. The van der Waals surface area contributed by atoms with E-state index >= 15 is 0 Å². The van der Waals surface area contributed by atoms with Crippen molar-refractivity contribution in [2.45, 2.75) is 45.7 Å². The topological polar surface area (TPSA) is 87.2 Å². The molecule has 33 heavy (non-hydrogen) atoms. The number of amides is 2. The van der Waals surface area contributed by atoms with Crippen LogP contribution in [-0.2, 0) is 11.3 Å². The number of para-hydroxylation sites is 1. The van der Waals surface area contributed by atoms with E-state index in [9.17, 15) is 9.59 Å². The van der Waals surface area contributed by atoms with E-state index in [0.29, 0.717) is 11.3 Å². The molecule has 1 aromatic heterocycles. The fraction of sp³-hybridized carbons (Fsp3) is 0.308. The molecule has 7 nitrogen and oxygen atoms in total. The quantitative estimate of drug-likeness (QED) is 0.575. The van der Waals surface area contributed by atoms with E-state index in [2.05, 4.69) is 20.5 Å². The summed E-state index contributed by atoms with van der Waals surface area (Å²) in [5.41, 5.74) is 3.88. The SMILES string of the molecule is CC(=O)Nc1ccc(CN2CCCC[C@H]2c2ncc(C(=O)Nc3ccccc3)c(C)n2)cc1. The Morgan fingerprint density at radius 1 is 1.00 bits per heavy atom. The monoisotopic (exact) mass is 443 g/mol. The van der Waals surface area contributed by atoms with Gasteiger partial charge in [-0.1, -0.05) is 36.8 Å². The highest BCUT2D eigenvalue weighted by molar-refractivity contribution is 6.04. The summed E-state index contributed by atoms with van der Waals surface area (Å²) in [5.74, 6) is 0.482. The number of nitrogens with one attached hydrogen (secondary N) is 2. The lowest BCUT2D eigenvalue weighted by Gasteiger charge is -2.35. The third-order valence-corrected chi connectivity index (χ3v) is 5.85. The molecule has 0 unspecified atom stereocenters. The summed E-state index contributed by atoms with van der Waals surface area (Å²) in [7, 11) is 0. The van der Waals surface area contributed by atoms with Crippen LogP contribution in [0.2, 0.25) is 0 Å². The van der Waals surface area contributed by atoms with Crippen molar-refractivity contribution in [1.82, 2.24) is 14.9 Å². The molecule has 0 saturated carbocycles. The molecule has 1 atom stereocenters. The molecular formula is C26H29N5O2. The number of piperidine rings is 1. The van der Waals surface area contributed by atoms with Crippen molar-refractivity contribution in [3.05, 3.63) is 83.4 Å². The Morgan fingerprint density at radius 3 is 2.42 bits per heavy atom. The molecule has 1 aliphatic heterocycles. The zero-order valence-corrected chi connectivity index (χ0v) is 19.0. The maximum Gasteiger partial charge on any atom is 0.259 e. The summed E-state index contributed by atoms with van der Waals surface area (Å²) in [6, 6.07) is 17.4. The molecule has 0 aliphatic carbocycles. The molecule has 2 amide bonds. The van der Waals surface area contributed by atoms with Gasteiger partial charge in [-0.2, -0.15) is 0 Å². The van der Waals surface area contributed by atoms with E-state index in [1.807, 2.05) is 61.5 Å². The second kappa shape index (κ2) is 10.4. The number of aryl methyl sites for hydroxylation is 1. The molecule has 0 spiro atoms. The number of nitrogens with zero attached hydrogens (tertiary/aromatic N) is 3. The standard InChI is InChI=1S/C26H29N5O2/c1-18-23(26(33)30-21-8-4-3-5-9-21)16-27-25(28-18)24-10-6-7-15-31(24)17-20-11-13-22(14-12-20)29-19(2)32/h3-5,8-9,11-14,16,24H,6-7,10,15,17H2,1-2H3,(H,29,32)(H,30,33)/t24-/m0/s1. The van der Waals surface area contributed by atoms with Gasteiger partial charge in [0.25, 0.3) is 5.91 Å². The van der Waals surface area contributed by atoms with Crippen LogP contribution >= 0.6 is 0 Å². The van der Waals surface area contributed by atoms with Crippen molar-refractivity contribution >= 4 is 23.2 Å². The number of hydrogen-bond donors (Lipinski definition) is 2. The van der Waals surface area contributed by atoms with Crippen molar-refractivity contribution in [3.8, 4) is 0 Å². The van der Waals surface area contributed by atoms with Gasteiger partial charge in [-0.3, -0.25) is 14.5 Å². The lowest BCUT2D eigenvalue weighted by atomic mass is 10.00. The first kappa shape index (κ1) is 22.6. The molecule has 3 aromatic rings. The van der Waals surface area contributed by atoms with Crippen LogP contribution in [0.4, 0.5) is 11.4 Å². The van der Waals surface area contributed by atoms with Crippen molar-refractivity contribution in [2.24, 2.45) is 0 Å².